The van der Waals surface area contributed by atoms with Crippen molar-refractivity contribution < 1.29 is 19.6 Å². The van der Waals surface area contributed by atoms with Gasteiger partial charge in [-0.3, -0.25) is 10.1 Å². The first kappa shape index (κ1) is 26.5. The van der Waals surface area contributed by atoms with E-state index in [1.54, 1.807) is 24.3 Å². The molecule has 0 radical (unpaired) electrons. The smallest absolute Gasteiger partial charge is 0.341 e. The zero-order valence-electron chi connectivity index (χ0n) is 21.0. The van der Waals surface area contributed by atoms with Gasteiger partial charge in [-0.25, -0.2) is 14.8 Å². The Morgan fingerprint density at radius 1 is 1.18 bits per heavy atom. The summed E-state index contributed by atoms with van der Waals surface area (Å²) in [6.45, 7) is 3.59. The number of nitro groups is 1. The summed E-state index contributed by atoms with van der Waals surface area (Å²) in [5.74, 6) is -0.679. The van der Waals surface area contributed by atoms with Crippen LogP contribution in [0.15, 0.2) is 75.6 Å². The maximum atomic E-state index is 11.5. The highest BCUT2D eigenvalue weighted by molar-refractivity contribution is 9.10. The van der Waals surface area contributed by atoms with E-state index in [4.69, 9.17) is 19.9 Å². The third kappa shape index (κ3) is 5.69. The van der Waals surface area contributed by atoms with Crippen LogP contribution < -0.4 is 9.75 Å². The number of halogens is 1. The predicted octanol–water partition coefficient (Wildman–Crippen LogP) is 6.92. The monoisotopic (exact) mass is 606 g/mol. The molecule has 0 saturated heterocycles. The number of hydrazone groups is 1. The molecule has 1 aliphatic rings. The number of thiazole rings is 1. The normalized spacial score (nSPS) is 14.8. The van der Waals surface area contributed by atoms with Gasteiger partial charge in [0.2, 0.25) is 5.13 Å². The van der Waals surface area contributed by atoms with Crippen molar-refractivity contribution in [3.8, 4) is 17.0 Å². The lowest BCUT2D eigenvalue weighted by molar-refractivity contribution is -0.384. The molecule has 5 rings (SSSR count). The second-order valence-electron chi connectivity index (χ2n) is 9.12. The molecule has 0 spiro atoms. The van der Waals surface area contributed by atoms with Crippen molar-refractivity contribution in [2.75, 3.05) is 11.6 Å². The van der Waals surface area contributed by atoms with Crippen molar-refractivity contribution in [2.24, 2.45) is 5.10 Å². The van der Waals surface area contributed by atoms with Crippen molar-refractivity contribution in [1.29, 1.82) is 0 Å². The van der Waals surface area contributed by atoms with E-state index in [2.05, 4.69) is 34.1 Å². The Labute approximate surface area is 236 Å². The fraction of sp³-hybridized carbons (Fsp3) is 0.179. The van der Waals surface area contributed by atoms with Crippen LogP contribution in [0.3, 0.4) is 0 Å². The molecular weight excluding hydrogens is 584 g/mol. The van der Waals surface area contributed by atoms with Crippen LogP contribution in [-0.4, -0.2) is 33.3 Å². The van der Waals surface area contributed by atoms with Crippen molar-refractivity contribution in [3.63, 3.8) is 0 Å². The topological polar surface area (TPSA) is 118 Å². The average molecular weight is 607 g/mol. The Morgan fingerprint density at radius 3 is 2.77 bits per heavy atom. The van der Waals surface area contributed by atoms with Crippen LogP contribution in [0, 0.1) is 24.0 Å². The number of anilines is 1. The molecule has 0 saturated carbocycles. The van der Waals surface area contributed by atoms with Crippen LogP contribution in [0.25, 0.3) is 11.3 Å². The minimum absolute atomic E-state index is 0.0156. The molecule has 0 aliphatic carbocycles. The van der Waals surface area contributed by atoms with Crippen molar-refractivity contribution in [1.82, 2.24) is 4.98 Å². The third-order valence-electron chi connectivity index (χ3n) is 6.34. The van der Waals surface area contributed by atoms with Crippen LogP contribution in [0.4, 0.5) is 10.8 Å². The molecule has 9 nitrogen and oxygen atoms in total. The Balaban J connectivity index is 1.57. The second kappa shape index (κ2) is 11.0. The number of non-ortho nitro benzene ring substituents is 1. The van der Waals surface area contributed by atoms with Gasteiger partial charge < -0.3 is 9.84 Å². The van der Waals surface area contributed by atoms with Crippen LogP contribution in [-0.2, 0) is 4.79 Å². The number of aromatic nitrogens is 1. The molecule has 1 unspecified atom stereocenters. The summed E-state index contributed by atoms with van der Waals surface area (Å²) >= 11 is 4.85. The Hall–Kier alpha value is -4.09. The molecule has 1 aromatic heterocycles. The summed E-state index contributed by atoms with van der Waals surface area (Å²) in [6.07, 6.45) is 0.546. The molecule has 0 fully saturated rings. The molecule has 1 atom stereocenters. The van der Waals surface area contributed by atoms with Crippen molar-refractivity contribution in [3.05, 3.63) is 103 Å². The van der Waals surface area contributed by atoms with Crippen molar-refractivity contribution >= 4 is 49.8 Å². The number of hydrogen-bond acceptors (Lipinski definition) is 8. The van der Waals surface area contributed by atoms with E-state index in [1.165, 1.54) is 17.4 Å². The molecule has 39 heavy (non-hydrogen) atoms. The number of benzene rings is 3. The molecule has 2 heterocycles. The number of hydrogen-bond donors (Lipinski definition) is 1. The first-order valence-corrected chi connectivity index (χ1v) is 13.7. The zero-order chi connectivity index (χ0) is 27.7. The highest BCUT2D eigenvalue weighted by Crippen LogP contribution is 2.42. The fourth-order valence-corrected chi connectivity index (χ4v) is 5.65. The van der Waals surface area contributed by atoms with E-state index in [0.717, 1.165) is 32.4 Å². The lowest BCUT2D eigenvalue weighted by Crippen LogP contribution is -2.18. The summed E-state index contributed by atoms with van der Waals surface area (Å²) in [5.41, 5.74) is 6.12. The number of carboxylic acids is 1. The molecule has 3 aromatic carbocycles. The fourth-order valence-electron chi connectivity index (χ4n) is 4.46. The quantitative estimate of drug-likeness (QED) is 0.171. The van der Waals surface area contributed by atoms with E-state index in [1.807, 2.05) is 36.4 Å². The molecule has 0 amide bonds. The minimum atomic E-state index is -1.08. The SMILES string of the molecule is Cc1ccc(C)c(C2=NN(c3nc(-c4cc(Br)ccc4OCC(=O)O)cs3)C(c3cccc([N+](=O)[O-])c3)C2)c1. The van der Waals surface area contributed by atoms with Crippen molar-refractivity contribution in [2.45, 2.75) is 26.3 Å². The maximum Gasteiger partial charge on any atom is 0.341 e. The number of rotatable bonds is 8. The first-order valence-electron chi connectivity index (χ1n) is 12.0. The number of aliphatic carboxylic acids is 1. The lowest BCUT2D eigenvalue weighted by atomic mass is 9.95. The summed E-state index contributed by atoms with van der Waals surface area (Å²) in [6, 6.07) is 17.8. The van der Waals surface area contributed by atoms with E-state index >= 15 is 0 Å². The summed E-state index contributed by atoms with van der Waals surface area (Å²) < 4.78 is 6.30. The molecule has 1 aliphatic heterocycles. The Morgan fingerprint density at radius 2 is 2.00 bits per heavy atom. The number of carbonyl (C=O) groups is 1. The largest absolute Gasteiger partial charge is 0.481 e. The highest BCUT2D eigenvalue weighted by atomic mass is 79.9. The van der Waals surface area contributed by atoms with Gasteiger partial charge >= 0.3 is 5.97 Å². The number of ether oxygens (including phenoxy) is 1. The van der Waals surface area contributed by atoms with E-state index < -0.39 is 17.5 Å². The van der Waals surface area contributed by atoms with Crippen LogP contribution in [0.2, 0.25) is 0 Å². The van der Waals surface area contributed by atoms with Gasteiger partial charge in [-0.05, 0) is 49.2 Å². The Bertz CT molecular complexity index is 1620. The number of aryl methyl sites for hydroxylation is 2. The molecule has 4 aromatic rings. The third-order valence-corrected chi connectivity index (χ3v) is 7.66. The maximum absolute atomic E-state index is 11.5. The minimum Gasteiger partial charge on any atom is -0.481 e. The molecule has 1 N–H and O–H groups in total. The van der Waals surface area contributed by atoms with Gasteiger partial charge in [0.25, 0.3) is 5.69 Å². The highest BCUT2D eigenvalue weighted by Gasteiger charge is 2.33. The predicted molar refractivity (Wildman–Crippen MR) is 154 cm³/mol. The van der Waals surface area contributed by atoms with Crippen LogP contribution in [0.1, 0.15) is 34.7 Å². The number of nitro benzene ring substituents is 1. The number of carboxylic acid groups (broad SMARTS) is 1. The van der Waals surface area contributed by atoms with Crippen LogP contribution >= 0.6 is 27.3 Å². The van der Waals surface area contributed by atoms with E-state index in [-0.39, 0.29) is 11.7 Å². The summed E-state index contributed by atoms with van der Waals surface area (Å²) in [7, 11) is 0. The van der Waals surface area contributed by atoms with Gasteiger partial charge in [0.05, 0.1) is 22.4 Å². The second-order valence-corrected chi connectivity index (χ2v) is 10.9. The molecule has 0 bridgehead atoms. The first-order chi connectivity index (χ1) is 18.7. The van der Waals surface area contributed by atoms with Gasteiger partial charge in [-0.1, -0.05) is 45.8 Å². The lowest BCUT2D eigenvalue weighted by Gasteiger charge is -2.21. The van der Waals surface area contributed by atoms with Gasteiger partial charge in [0.15, 0.2) is 6.61 Å². The standard InChI is InChI=1S/C28H23BrN4O5S/c1-16-6-7-17(2)21(10-16)23-13-25(18-4-3-5-20(11-18)33(36)37)32(31-23)28-30-24(15-39-28)22-12-19(29)8-9-26(22)38-14-27(34)35/h3-12,15,25H,13-14H2,1-2H3,(H,34,35). The van der Waals surface area contributed by atoms with Gasteiger partial charge in [-0.15, -0.1) is 11.3 Å². The summed E-state index contributed by atoms with van der Waals surface area (Å²) in [5, 5.41) is 29.8. The summed E-state index contributed by atoms with van der Waals surface area (Å²) in [4.78, 5) is 27.0. The van der Waals surface area contributed by atoms with Gasteiger partial charge in [0.1, 0.15) is 5.75 Å². The average Bonchev–Trinajstić information content (AvgIpc) is 3.57. The van der Waals surface area contributed by atoms with E-state index in [0.29, 0.717) is 28.6 Å². The Kier molecular flexibility index (Phi) is 7.45. The van der Waals surface area contributed by atoms with E-state index in [9.17, 15) is 14.9 Å². The van der Waals surface area contributed by atoms with Gasteiger partial charge in [0, 0.05) is 39.5 Å². The molecule has 11 heteroatoms. The zero-order valence-corrected chi connectivity index (χ0v) is 23.4. The van der Waals surface area contributed by atoms with Crippen LogP contribution in [0.5, 0.6) is 5.75 Å². The molecule has 198 valence electrons. The molecular formula is C28H23BrN4O5S. The number of nitrogens with zero attached hydrogens (tertiary/aromatic N) is 4. The van der Waals surface area contributed by atoms with Gasteiger partial charge in [-0.2, -0.15) is 5.10 Å².